The van der Waals surface area contributed by atoms with Gasteiger partial charge in [-0.1, -0.05) is 54.6 Å². The minimum atomic E-state index is -0.344. The van der Waals surface area contributed by atoms with E-state index in [1.54, 1.807) is 12.1 Å². The van der Waals surface area contributed by atoms with Crippen LogP contribution in [0.25, 0.3) is 11.1 Å². The van der Waals surface area contributed by atoms with Crippen molar-refractivity contribution in [3.63, 3.8) is 0 Å². The Kier molecular flexibility index (Phi) is 4.01. The third-order valence-corrected chi connectivity index (χ3v) is 3.41. The van der Waals surface area contributed by atoms with E-state index in [4.69, 9.17) is 4.74 Å². The highest BCUT2D eigenvalue weighted by atomic mass is 16.5. The van der Waals surface area contributed by atoms with Crippen molar-refractivity contribution < 1.29 is 9.53 Å². The predicted octanol–water partition coefficient (Wildman–Crippen LogP) is 4.88. The number of ether oxygens (including phenoxy) is 1. The van der Waals surface area contributed by atoms with Crippen molar-refractivity contribution in [1.29, 1.82) is 0 Å². The van der Waals surface area contributed by atoms with Crippen LogP contribution >= 0.6 is 0 Å². The monoisotopic (exact) mass is 288 g/mol. The average Bonchev–Trinajstić information content (AvgIpc) is 2.56. The summed E-state index contributed by atoms with van der Waals surface area (Å²) in [6.45, 7) is 1.97. The van der Waals surface area contributed by atoms with Gasteiger partial charge in [0.15, 0.2) is 0 Å². The number of benzene rings is 3. The van der Waals surface area contributed by atoms with E-state index in [2.05, 4.69) is 0 Å². The quantitative estimate of drug-likeness (QED) is 0.507. The van der Waals surface area contributed by atoms with Crippen LogP contribution in [0, 0.1) is 6.92 Å². The van der Waals surface area contributed by atoms with Crippen molar-refractivity contribution >= 4 is 5.97 Å². The SMILES string of the molecule is Cc1cccc(OC(=O)c2cccc(-c3ccccc3)c2)c1. The Labute approximate surface area is 130 Å². The molecule has 0 atom stereocenters. The number of esters is 1. The van der Waals surface area contributed by atoms with Crippen molar-refractivity contribution in [3.8, 4) is 16.9 Å². The van der Waals surface area contributed by atoms with Gasteiger partial charge in [0.2, 0.25) is 0 Å². The lowest BCUT2D eigenvalue weighted by Gasteiger charge is -2.07. The summed E-state index contributed by atoms with van der Waals surface area (Å²) in [5.74, 6) is 0.221. The van der Waals surface area contributed by atoms with E-state index in [1.165, 1.54) is 0 Å². The van der Waals surface area contributed by atoms with E-state index < -0.39 is 0 Å². The zero-order chi connectivity index (χ0) is 15.4. The number of rotatable bonds is 3. The van der Waals surface area contributed by atoms with Gasteiger partial charge in [0, 0.05) is 0 Å². The van der Waals surface area contributed by atoms with Crippen LogP contribution in [-0.2, 0) is 0 Å². The number of hydrogen-bond donors (Lipinski definition) is 0. The highest BCUT2D eigenvalue weighted by molar-refractivity contribution is 5.92. The van der Waals surface area contributed by atoms with E-state index in [0.29, 0.717) is 11.3 Å². The molecule has 2 heteroatoms. The van der Waals surface area contributed by atoms with Crippen molar-refractivity contribution in [2.24, 2.45) is 0 Å². The van der Waals surface area contributed by atoms with E-state index >= 15 is 0 Å². The van der Waals surface area contributed by atoms with Crippen LogP contribution in [0.5, 0.6) is 5.75 Å². The topological polar surface area (TPSA) is 26.3 Å². The van der Waals surface area contributed by atoms with Gasteiger partial charge in [-0.15, -0.1) is 0 Å². The molecule has 0 aliphatic rings. The van der Waals surface area contributed by atoms with Gasteiger partial charge in [-0.25, -0.2) is 4.79 Å². The van der Waals surface area contributed by atoms with E-state index in [9.17, 15) is 4.79 Å². The fourth-order valence-corrected chi connectivity index (χ4v) is 2.30. The molecule has 0 spiro atoms. The first-order chi connectivity index (χ1) is 10.7. The minimum absolute atomic E-state index is 0.344. The molecule has 0 aliphatic carbocycles. The maximum Gasteiger partial charge on any atom is 0.343 e. The molecule has 0 saturated carbocycles. The second kappa shape index (κ2) is 6.27. The number of hydrogen-bond acceptors (Lipinski definition) is 2. The lowest BCUT2D eigenvalue weighted by atomic mass is 10.0. The Morgan fingerprint density at radius 2 is 1.50 bits per heavy atom. The lowest BCUT2D eigenvalue weighted by Crippen LogP contribution is -2.08. The molecule has 3 rings (SSSR count). The Morgan fingerprint density at radius 3 is 2.27 bits per heavy atom. The highest BCUT2D eigenvalue weighted by Crippen LogP contribution is 2.21. The van der Waals surface area contributed by atoms with Crippen LogP contribution in [0.2, 0.25) is 0 Å². The molecule has 2 nitrogen and oxygen atoms in total. The molecule has 108 valence electrons. The van der Waals surface area contributed by atoms with Crippen molar-refractivity contribution in [2.75, 3.05) is 0 Å². The van der Waals surface area contributed by atoms with Crippen LogP contribution < -0.4 is 4.74 Å². The molecular weight excluding hydrogens is 272 g/mol. The van der Waals surface area contributed by atoms with Gasteiger partial charge in [-0.3, -0.25) is 0 Å². The van der Waals surface area contributed by atoms with Gasteiger partial charge < -0.3 is 4.74 Å². The van der Waals surface area contributed by atoms with Gasteiger partial charge in [0.05, 0.1) is 5.56 Å². The molecule has 0 aliphatic heterocycles. The minimum Gasteiger partial charge on any atom is -0.423 e. The van der Waals surface area contributed by atoms with Crippen molar-refractivity contribution in [1.82, 2.24) is 0 Å². The smallest absolute Gasteiger partial charge is 0.343 e. The first kappa shape index (κ1) is 14.1. The van der Waals surface area contributed by atoms with Gasteiger partial charge >= 0.3 is 5.97 Å². The van der Waals surface area contributed by atoms with Crippen molar-refractivity contribution in [3.05, 3.63) is 90.0 Å². The molecule has 0 aromatic heterocycles. The summed E-state index contributed by atoms with van der Waals surface area (Å²) in [5, 5.41) is 0. The molecule has 22 heavy (non-hydrogen) atoms. The van der Waals surface area contributed by atoms with E-state index in [0.717, 1.165) is 16.7 Å². The molecule has 0 N–H and O–H groups in total. The zero-order valence-corrected chi connectivity index (χ0v) is 12.3. The summed E-state index contributed by atoms with van der Waals surface area (Å²) >= 11 is 0. The Morgan fingerprint density at radius 1 is 0.773 bits per heavy atom. The van der Waals surface area contributed by atoms with Crippen LogP contribution in [0.4, 0.5) is 0 Å². The average molecular weight is 288 g/mol. The molecule has 3 aromatic carbocycles. The Bertz CT molecular complexity index is 792. The van der Waals surface area contributed by atoms with Gasteiger partial charge in [0.1, 0.15) is 5.75 Å². The van der Waals surface area contributed by atoms with E-state index in [1.807, 2.05) is 73.7 Å². The third-order valence-electron chi connectivity index (χ3n) is 3.41. The largest absolute Gasteiger partial charge is 0.423 e. The van der Waals surface area contributed by atoms with Crippen molar-refractivity contribution in [2.45, 2.75) is 6.92 Å². The number of carbonyl (C=O) groups is 1. The molecule has 0 fully saturated rings. The summed E-state index contributed by atoms with van der Waals surface area (Å²) in [4.78, 5) is 12.3. The first-order valence-corrected chi connectivity index (χ1v) is 7.17. The zero-order valence-electron chi connectivity index (χ0n) is 12.3. The van der Waals surface area contributed by atoms with Crippen LogP contribution in [0.3, 0.4) is 0 Å². The molecule has 0 heterocycles. The Balaban J connectivity index is 1.84. The fraction of sp³-hybridized carbons (Fsp3) is 0.0500. The van der Waals surface area contributed by atoms with E-state index in [-0.39, 0.29) is 5.97 Å². The number of aryl methyl sites for hydroxylation is 1. The molecule has 0 amide bonds. The summed E-state index contributed by atoms with van der Waals surface area (Å²) in [7, 11) is 0. The molecule has 0 saturated heterocycles. The van der Waals surface area contributed by atoms with Gasteiger partial charge in [0.25, 0.3) is 0 Å². The first-order valence-electron chi connectivity index (χ1n) is 7.17. The number of carbonyl (C=O) groups excluding carboxylic acids is 1. The maximum absolute atomic E-state index is 12.3. The Hall–Kier alpha value is -2.87. The highest BCUT2D eigenvalue weighted by Gasteiger charge is 2.10. The second-order valence-electron chi connectivity index (χ2n) is 5.15. The normalized spacial score (nSPS) is 10.2. The second-order valence-corrected chi connectivity index (χ2v) is 5.15. The maximum atomic E-state index is 12.3. The summed E-state index contributed by atoms with van der Waals surface area (Å²) in [5.41, 5.74) is 3.68. The molecule has 0 bridgehead atoms. The van der Waals surface area contributed by atoms with Gasteiger partial charge in [-0.2, -0.15) is 0 Å². The van der Waals surface area contributed by atoms with Crippen LogP contribution in [0.15, 0.2) is 78.9 Å². The predicted molar refractivity (Wildman–Crippen MR) is 88.0 cm³/mol. The summed E-state index contributed by atoms with van der Waals surface area (Å²) in [6, 6.07) is 24.9. The molecule has 0 unspecified atom stereocenters. The molecule has 3 aromatic rings. The lowest BCUT2D eigenvalue weighted by molar-refractivity contribution is 0.0735. The van der Waals surface area contributed by atoms with Crippen LogP contribution in [0.1, 0.15) is 15.9 Å². The summed E-state index contributed by atoms with van der Waals surface area (Å²) in [6.07, 6.45) is 0. The van der Waals surface area contributed by atoms with Crippen LogP contribution in [-0.4, -0.2) is 5.97 Å². The molecule has 0 radical (unpaired) electrons. The third kappa shape index (κ3) is 3.23. The fourth-order valence-electron chi connectivity index (χ4n) is 2.30. The summed E-state index contributed by atoms with van der Waals surface area (Å²) < 4.78 is 5.43. The van der Waals surface area contributed by atoms with Gasteiger partial charge in [-0.05, 0) is 47.9 Å². The standard InChI is InChI=1S/C20H16O2/c1-15-7-5-12-19(13-15)22-20(21)18-11-6-10-17(14-18)16-8-3-2-4-9-16/h2-14H,1H3. The molecular formula is C20H16O2.